The molecule has 39 heavy (non-hydrogen) atoms. The van der Waals surface area contributed by atoms with E-state index in [0.717, 1.165) is 49.7 Å². The molecule has 0 spiro atoms. The van der Waals surface area contributed by atoms with Gasteiger partial charge in [-0.25, -0.2) is 9.37 Å². The van der Waals surface area contributed by atoms with Crippen molar-refractivity contribution in [2.45, 2.75) is 32.1 Å². The predicted octanol–water partition coefficient (Wildman–Crippen LogP) is 5.10. The highest BCUT2D eigenvalue weighted by Crippen LogP contribution is 2.28. The topological polar surface area (TPSA) is 92.3 Å². The second kappa shape index (κ2) is 11.0. The largest absolute Gasteiger partial charge is 0.369 e. The number of nitrogens with two attached hydrogens (primary N) is 1. The zero-order valence-corrected chi connectivity index (χ0v) is 22.0. The van der Waals surface area contributed by atoms with Crippen LogP contribution in [-0.4, -0.2) is 58.1 Å². The van der Waals surface area contributed by atoms with Gasteiger partial charge in [-0.1, -0.05) is 43.5 Å². The van der Waals surface area contributed by atoms with Crippen LogP contribution in [0.5, 0.6) is 0 Å². The first kappa shape index (κ1) is 25.3. The summed E-state index contributed by atoms with van der Waals surface area (Å²) in [5, 5.41) is 3.87. The van der Waals surface area contributed by atoms with Crippen LogP contribution in [0.3, 0.4) is 0 Å². The standard InChI is InChI=1S/C30H34FN7O/c31-26-18-33-30(35-29(26)38-20-25(28(32)39)24-11-4-5-12-27(24)38)34-22-9-6-10-23(17-22)37-15-13-36(14-16-37)19-21-7-2-1-3-8-21/h4-6,9-12,17-18,20-21H,1-3,7-8,13-16,19H2,(H2,32,39)(H,33,34,35). The summed E-state index contributed by atoms with van der Waals surface area (Å²) in [4.78, 5) is 25.6. The number of anilines is 3. The van der Waals surface area contributed by atoms with E-state index in [2.05, 4.69) is 37.2 Å². The second-order valence-electron chi connectivity index (χ2n) is 10.6. The summed E-state index contributed by atoms with van der Waals surface area (Å²) >= 11 is 0. The minimum absolute atomic E-state index is 0.0430. The van der Waals surface area contributed by atoms with Gasteiger partial charge in [0.05, 0.1) is 17.3 Å². The van der Waals surface area contributed by atoms with E-state index >= 15 is 0 Å². The minimum Gasteiger partial charge on any atom is -0.369 e. The number of carbonyl (C=O) groups excluding carboxylic acids is 1. The normalized spacial score (nSPS) is 17.0. The number of rotatable bonds is 7. The molecule has 8 nitrogen and oxygen atoms in total. The number of nitrogens with zero attached hydrogens (tertiary/aromatic N) is 5. The van der Waals surface area contributed by atoms with E-state index in [1.165, 1.54) is 44.8 Å². The van der Waals surface area contributed by atoms with Gasteiger partial charge in [-0.3, -0.25) is 14.3 Å². The van der Waals surface area contributed by atoms with Crippen molar-refractivity contribution in [3.8, 4) is 5.82 Å². The second-order valence-corrected chi connectivity index (χ2v) is 10.6. The third kappa shape index (κ3) is 5.45. The molecule has 2 aromatic heterocycles. The van der Waals surface area contributed by atoms with Crippen molar-refractivity contribution < 1.29 is 9.18 Å². The Labute approximate surface area is 227 Å². The van der Waals surface area contributed by atoms with Gasteiger partial charge >= 0.3 is 0 Å². The maximum atomic E-state index is 14.9. The minimum atomic E-state index is -0.600. The molecule has 1 aliphatic carbocycles. The molecule has 2 aromatic carbocycles. The lowest BCUT2D eigenvalue weighted by Crippen LogP contribution is -2.48. The fraction of sp³-hybridized carbons (Fsp3) is 0.367. The van der Waals surface area contributed by atoms with Crippen molar-refractivity contribution in [2.75, 3.05) is 42.9 Å². The van der Waals surface area contributed by atoms with Crippen LogP contribution in [0.2, 0.25) is 0 Å². The molecule has 1 saturated heterocycles. The summed E-state index contributed by atoms with van der Waals surface area (Å²) in [7, 11) is 0. The SMILES string of the molecule is NC(=O)c1cn(-c2nc(Nc3cccc(N4CCN(CC5CCCCC5)CC4)c3)ncc2F)c2ccccc12. The maximum Gasteiger partial charge on any atom is 0.250 e. The van der Waals surface area contributed by atoms with E-state index in [0.29, 0.717) is 16.5 Å². The van der Waals surface area contributed by atoms with Crippen LogP contribution in [0.15, 0.2) is 60.9 Å². The lowest BCUT2D eigenvalue weighted by molar-refractivity contribution is 0.100. The number of amides is 1. The molecule has 4 aromatic rings. The zero-order chi connectivity index (χ0) is 26.8. The molecule has 3 heterocycles. The van der Waals surface area contributed by atoms with Crippen molar-refractivity contribution >= 4 is 34.1 Å². The van der Waals surface area contributed by atoms with Gasteiger partial charge in [-0.15, -0.1) is 0 Å². The van der Waals surface area contributed by atoms with E-state index in [-0.39, 0.29) is 11.8 Å². The quantitative estimate of drug-likeness (QED) is 0.347. The molecule has 9 heteroatoms. The number of hydrogen-bond donors (Lipinski definition) is 2. The van der Waals surface area contributed by atoms with E-state index in [1.54, 1.807) is 16.7 Å². The summed E-state index contributed by atoms with van der Waals surface area (Å²) in [5.74, 6) is -0.00684. The third-order valence-corrected chi connectivity index (χ3v) is 8.01. The molecule has 1 aliphatic heterocycles. The number of halogens is 1. The highest BCUT2D eigenvalue weighted by molar-refractivity contribution is 6.06. The van der Waals surface area contributed by atoms with Crippen LogP contribution in [0.4, 0.5) is 21.7 Å². The summed E-state index contributed by atoms with van der Waals surface area (Å²) in [6, 6.07) is 15.4. The Kier molecular flexibility index (Phi) is 7.15. The highest BCUT2D eigenvalue weighted by Gasteiger charge is 2.22. The number of aromatic nitrogens is 3. The maximum absolute atomic E-state index is 14.9. The number of piperazine rings is 1. The van der Waals surface area contributed by atoms with Crippen LogP contribution in [-0.2, 0) is 0 Å². The molecule has 0 bridgehead atoms. The average Bonchev–Trinajstić information content (AvgIpc) is 3.35. The zero-order valence-electron chi connectivity index (χ0n) is 22.0. The fourth-order valence-electron chi connectivity index (χ4n) is 5.97. The van der Waals surface area contributed by atoms with Gasteiger partial charge < -0.3 is 16.0 Å². The van der Waals surface area contributed by atoms with Gasteiger partial charge in [0, 0.05) is 55.7 Å². The van der Waals surface area contributed by atoms with Crippen molar-refractivity contribution in [1.29, 1.82) is 0 Å². The Morgan fingerprint density at radius 2 is 1.82 bits per heavy atom. The van der Waals surface area contributed by atoms with Crippen molar-refractivity contribution in [1.82, 2.24) is 19.4 Å². The smallest absolute Gasteiger partial charge is 0.250 e. The molecule has 6 rings (SSSR count). The molecular weight excluding hydrogens is 493 g/mol. The number of carbonyl (C=O) groups is 1. The van der Waals surface area contributed by atoms with E-state index in [4.69, 9.17) is 5.73 Å². The Hall–Kier alpha value is -3.98. The summed E-state index contributed by atoms with van der Waals surface area (Å²) in [6.45, 7) is 5.39. The van der Waals surface area contributed by atoms with Gasteiger partial charge in [0.2, 0.25) is 5.95 Å². The molecule has 0 atom stereocenters. The predicted molar refractivity (Wildman–Crippen MR) is 152 cm³/mol. The summed E-state index contributed by atoms with van der Waals surface area (Å²) in [6.07, 6.45) is 9.61. The van der Waals surface area contributed by atoms with E-state index in [9.17, 15) is 9.18 Å². The molecule has 0 radical (unpaired) electrons. The lowest BCUT2D eigenvalue weighted by Gasteiger charge is -2.38. The number of nitrogens with one attached hydrogen (secondary N) is 1. The summed E-state index contributed by atoms with van der Waals surface area (Å²) < 4.78 is 16.5. The van der Waals surface area contributed by atoms with Gasteiger partial charge in [0.1, 0.15) is 0 Å². The van der Waals surface area contributed by atoms with Crippen molar-refractivity contribution in [3.05, 3.63) is 72.3 Å². The lowest BCUT2D eigenvalue weighted by atomic mass is 9.89. The Bertz CT molecular complexity index is 1470. The Morgan fingerprint density at radius 1 is 1.03 bits per heavy atom. The monoisotopic (exact) mass is 527 g/mol. The number of primary amides is 1. The molecule has 3 N–H and O–H groups in total. The van der Waals surface area contributed by atoms with Crippen molar-refractivity contribution in [2.24, 2.45) is 11.7 Å². The molecule has 0 unspecified atom stereocenters. The molecular formula is C30H34FN7O. The van der Waals surface area contributed by atoms with Gasteiger partial charge in [0.25, 0.3) is 5.91 Å². The number of hydrogen-bond acceptors (Lipinski definition) is 6. The Morgan fingerprint density at radius 3 is 2.62 bits per heavy atom. The number of para-hydroxylation sites is 1. The first-order valence-electron chi connectivity index (χ1n) is 13.8. The molecule has 1 amide bonds. The number of fused-ring (bicyclic) bond motifs is 1. The number of benzene rings is 2. The van der Waals surface area contributed by atoms with Gasteiger partial charge in [0.15, 0.2) is 11.6 Å². The molecule has 2 aliphatic rings. The van der Waals surface area contributed by atoms with Crippen LogP contribution in [0.1, 0.15) is 42.5 Å². The average molecular weight is 528 g/mol. The first-order chi connectivity index (χ1) is 19.0. The molecule has 202 valence electrons. The molecule has 2 fully saturated rings. The van der Waals surface area contributed by atoms with Crippen LogP contribution in [0, 0.1) is 11.7 Å². The summed E-state index contributed by atoms with van der Waals surface area (Å²) in [5.41, 5.74) is 8.48. The van der Waals surface area contributed by atoms with Crippen molar-refractivity contribution in [3.63, 3.8) is 0 Å². The van der Waals surface area contributed by atoms with E-state index in [1.807, 2.05) is 24.3 Å². The fourth-order valence-corrected chi connectivity index (χ4v) is 5.97. The molecule has 1 saturated carbocycles. The van der Waals surface area contributed by atoms with Crippen LogP contribution < -0.4 is 16.0 Å². The highest BCUT2D eigenvalue weighted by atomic mass is 19.1. The third-order valence-electron chi connectivity index (χ3n) is 8.01. The first-order valence-corrected chi connectivity index (χ1v) is 13.8. The van der Waals surface area contributed by atoms with Crippen LogP contribution >= 0.6 is 0 Å². The Balaban J connectivity index is 1.17. The van der Waals surface area contributed by atoms with Gasteiger partial charge in [-0.2, -0.15) is 4.98 Å². The van der Waals surface area contributed by atoms with E-state index < -0.39 is 11.7 Å². The van der Waals surface area contributed by atoms with Crippen LogP contribution in [0.25, 0.3) is 16.7 Å². The van der Waals surface area contributed by atoms with Gasteiger partial charge in [-0.05, 0) is 43.0 Å².